The van der Waals surface area contributed by atoms with Crippen LogP contribution in [0.5, 0.6) is 0 Å². The Bertz CT molecular complexity index is 779. The van der Waals surface area contributed by atoms with Gasteiger partial charge in [0.15, 0.2) is 0 Å². The second kappa shape index (κ2) is 8.56. The van der Waals surface area contributed by atoms with Crippen molar-refractivity contribution in [1.82, 2.24) is 20.2 Å². The third-order valence-corrected chi connectivity index (χ3v) is 5.12. The zero-order chi connectivity index (χ0) is 19.3. The lowest BCUT2D eigenvalue weighted by molar-refractivity contribution is 0.0529. The summed E-state index contributed by atoms with van der Waals surface area (Å²) in [6, 6.07) is 10.1. The number of urea groups is 1. The summed E-state index contributed by atoms with van der Waals surface area (Å²) in [7, 11) is 0. The maximum absolute atomic E-state index is 12.7. The number of hydrogen-bond donors (Lipinski definition) is 1. The molecule has 1 aliphatic heterocycles. The molecular weight excluding hydrogens is 354 g/mol. The van der Waals surface area contributed by atoms with E-state index in [1.165, 1.54) is 0 Å². The number of ether oxygens (including phenoxy) is 1. The van der Waals surface area contributed by atoms with E-state index in [0.717, 1.165) is 49.6 Å². The average molecular weight is 381 g/mol. The molecule has 2 fully saturated rings. The Hall–Kier alpha value is -2.67. The normalized spacial score (nSPS) is 19.3. The summed E-state index contributed by atoms with van der Waals surface area (Å²) in [6.45, 7) is 5.53. The Labute approximate surface area is 165 Å². The van der Waals surface area contributed by atoms with Crippen molar-refractivity contribution in [2.45, 2.75) is 45.0 Å². The highest BCUT2D eigenvalue weighted by molar-refractivity contribution is 5.74. The molecule has 1 atom stereocenters. The van der Waals surface area contributed by atoms with Crippen LogP contribution in [0.3, 0.4) is 0 Å². The molecule has 2 aromatic rings. The molecule has 28 heavy (non-hydrogen) atoms. The van der Waals surface area contributed by atoms with Gasteiger partial charge in [-0.3, -0.25) is 4.98 Å². The fraction of sp³-hybridized carbons (Fsp3) is 0.476. The molecule has 1 saturated heterocycles. The summed E-state index contributed by atoms with van der Waals surface area (Å²) in [6.07, 6.45) is 5.96. The maximum Gasteiger partial charge on any atom is 0.318 e. The van der Waals surface area contributed by atoms with Crippen LogP contribution in [0, 0.1) is 0 Å². The van der Waals surface area contributed by atoms with Gasteiger partial charge in [-0.25, -0.2) is 9.78 Å². The highest BCUT2D eigenvalue weighted by Gasteiger charge is 2.32. The Morgan fingerprint density at radius 2 is 2.18 bits per heavy atom. The minimum Gasteiger partial charge on any atom is -0.375 e. The van der Waals surface area contributed by atoms with Crippen molar-refractivity contribution in [3.8, 4) is 0 Å². The molecule has 1 unspecified atom stereocenters. The topological polar surface area (TPSA) is 70.6 Å². The van der Waals surface area contributed by atoms with E-state index in [-0.39, 0.29) is 12.1 Å². The number of morpholine rings is 1. The molecular formula is C21H27N5O2. The van der Waals surface area contributed by atoms with Crippen LogP contribution in [0.2, 0.25) is 0 Å². The maximum atomic E-state index is 12.7. The van der Waals surface area contributed by atoms with E-state index in [9.17, 15) is 4.79 Å². The lowest BCUT2D eigenvalue weighted by Gasteiger charge is -2.32. The van der Waals surface area contributed by atoms with Gasteiger partial charge < -0.3 is 19.9 Å². The van der Waals surface area contributed by atoms with Gasteiger partial charge in [0, 0.05) is 38.1 Å². The SMILES string of the molecule is CC1CN(c2ccc(CNC(=O)N(Cc3ccccn3)C3CC3)cn2)CCO1. The average Bonchev–Trinajstić information content (AvgIpc) is 3.56. The van der Waals surface area contributed by atoms with Gasteiger partial charge in [-0.05, 0) is 43.5 Å². The Morgan fingerprint density at radius 3 is 2.86 bits per heavy atom. The Kier molecular flexibility index (Phi) is 5.71. The fourth-order valence-corrected chi connectivity index (χ4v) is 3.43. The molecule has 2 aliphatic rings. The molecule has 0 spiro atoms. The number of anilines is 1. The predicted octanol–water partition coefficient (Wildman–Crippen LogP) is 2.58. The molecule has 1 saturated carbocycles. The van der Waals surface area contributed by atoms with Crippen molar-refractivity contribution >= 4 is 11.8 Å². The monoisotopic (exact) mass is 381 g/mol. The number of nitrogens with zero attached hydrogens (tertiary/aromatic N) is 4. The lowest BCUT2D eigenvalue weighted by Crippen LogP contribution is -2.41. The van der Waals surface area contributed by atoms with Crippen LogP contribution in [0.15, 0.2) is 42.7 Å². The number of amides is 2. The summed E-state index contributed by atoms with van der Waals surface area (Å²) in [4.78, 5) is 25.7. The lowest BCUT2D eigenvalue weighted by atomic mass is 10.2. The molecule has 1 N–H and O–H groups in total. The second-order valence-electron chi connectivity index (χ2n) is 7.49. The largest absolute Gasteiger partial charge is 0.375 e. The highest BCUT2D eigenvalue weighted by atomic mass is 16.5. The number of carbonyl (C=O) groups excluding carboxylic acids is 1. The number of nitrogens with one attached hydrogen (secondary N) is 1. The summed E-state index contributed by atoms with van der Waals surface area (Å²) in [5, 5.41) is 3.03. The highest BCUT2D eigenvalue weighted by Crippen LogP contribution is 2.28. The fourth-order valence-electron chi connectivity index (χ4n) is 3.43. The van der Waals surface area contributed by atoms with E-state index < -0.39 is 0 Å². The van der Waals surface area contributed by atoms with Crippen molar-refractivity contribution in [1.29, 1.82) is 0 Å². The summed E-state index contributed by atoms with van der Waals surface area (Å²) in [5.74, 6) is 0.958. The van der Waals surface area contributed by atoms with Crippen molar-refractivity contribution in [3.05, 3.63) is 54.0 Å². The van der Waals surface area contributed by atoms with Gasteiger partial charge in [0.25, 0.3) is 0 Å². The van der Waals surface area contributed by atoms with Crippen LogP contribution >= 0.6 is 0 Å². The van der Waals surface area contributed by atoms with E-state index in [0.29, 0.717) is 19.1 Å². The molecule has 7 nitrogen and oxygen atoms in total. The Balaban J connectivity index is 1.32. The number of hydrogen-bond acceptors (Lipinski definition) is 5. The molecule has 4 rings (SSSR count). The zero-order valence-electron chi connectivity index (χ0n) is 16.3. The van der Waals surface area contributed by atoms with Gasteiger partial charge in [0.1, 0.15) is 5.82 Å². The van der Waals surface area contributed by atoms with E-state index in [1.54, 1.807) is 6.20 Å². The molecule has 0 bridgehead atoms. The summed E-state index contributed by atoms with van der Waals surface area (Å²) in [5.41, 5.74) is 1.90. The molecule has 2 aromatic heterocycles. The van der Waals surface area contributed by atoms with Crippen molar-refractivity contribution in [3.63, 3.8) is 0 Å². The van der Waals surface area contributed by atoms with E-state index in [4.69, 9.17) is 4.74 Å². The minimum absolute atomic E-state index is 0.0424. The van der Waals surface area contributed by atoms with Crippen molar-refractivity contribution in [2.75, 3.05) is 24.6 Å². The van der Waals surface area contributed by atoms with Gasteiger partial charge in [0.05, 0.1) is 24.9 Å². The van der Waals surface area contributed by atoms with E-state index in [1.807, 2.05) is 41.4 Å². The first-order chi connectivity index (χ1) is 13.7. The first-order valence-corrected chi connectivity index (χ1v) is 9.95. The smallest absolute Gasteiger partial charge is 0.318 e. The number of pyridine rings is 2. The Morgan fingerprint density at radius 1 is 1.29 bits per heavy atom. The van der Waals surface area contributed by atoms with Gasteiger partial charge >= 0.3 is 6.03 Å². The number of rotatable bonds is 6. The molecule has 0 aromatic carbocycles. The van der Waals surface area contributed by atoms with Crippen LogP contribution in [0.1, 0.15) is 31.0 Å². The number of carbonyl (C=O) groups is 1. The molecule has 148 valence electrons. The van der Waals surface area contributed by atoms with E-state index in [2.05, 4.69) is 27.1 Å². The van der Waals surface area contributed by atoms with Crippen LogP contribution in [0.4, 0.5) is 10.6 Å². The first kappa shape index (κ1) is 18.7. The quantitative estimate of drug-likeness (QED) is 0.833. The van der Waals surface area contributed by atoms with Crippen LogP contribution in [-0.2, 0) is 17.8 Å². The van der Waals surface area contributed by atoms with Crippen LogP contribution in [0.25, 0.3) is 0 Å². The van der Waals surface area contributed by atoms with Crippen LogP contribution < -0.4 is 10.2 Å². The second-order valence-corrected chi connectivity index (χ2v) is 7.49. The van der Waals surface area contributed by atoms with E-state index >= 15 is 0 Å². The molecule has 2 amide bonds. The molecule has 1 aliphatic carbocycles. The van der Waals surface area contributed by atoms with Gasteiger partial charge in [-0.2, -0.15) is 0 Å². The summed E-state index contributed by atoms with van der Waals surface area (Å²) < 4.78 is 5.58. The first-order valence-electron chi connectivity index (χ1n) is 9.95. The zero-order valence-corrected chi connectivity index (χ0v) is 16.3. The van der Waals surface area contributed by atoms with Crippen molar-refractivity contribution in [2.24, 2.45) is 0 Å². The molecule has 3 heterocycles. The minimum atomic E-state index is -0.0424. The van der Waals surface area contributed by atoms with Gasteiger partial charge in [-0.15, -0.1) is 0 Å². The third-order valence-electron chi connectivity index (χ3n) is 5.12. The predicted molar refractivity (Wildman–Crippen MR) is 107 cm³/mol. The third kappa shape index (κ3) is 4.78. The van der Waals surface area contributed by atoms with Gasteiger partial charge in [-0.1, -0.05) is 12.1 Å². The van der Waals surface area contributed by atoms with Gasteiger partial charge in [0.2, 0.25) is 0 Å². The molecule has 7 heteroatoms. The summed E-state index contributed by atoms with van der Waals surface area (Å²) >= 11 is 0. The van der Waals surface area contributed by atoms with Crippen molar-refractivity contribution < 1.29 is 9.53 Å². The standard InChI is InChI=1S/C21H27N5O2/c1-16-14-25(10-11-28-16)20-8-5-17(12-23-20)13-24-21(27)26(19-6-7-19)15-18-4-2-3-9-22-18/h2-5,8-9,12,16,19H,6-7,10-11,13-15H2,1H3,(H,24,27). The number of aromatic nitrogens is 2. The molecule has 0 radical (unpaired) electrons. The van der Waals surface area contributed by atoms with Crippen LogP contribution in [-0.4, -0.2) is 52.7 Å².